The molecule has 0 radical (unpaired) electrons. The van der Waals surface area contributed by atoms with Crippen molar-refractivity contribution in [1.82, 2.24) is 4.90 Å². The third-order valence-corrected chi connectivity index (χ3v) is 3.13. The van der Waals surface area contributed by atoms with Gasteiger partial charge in [-0.3, -0.25) is 4.90 Å². The Bertz CT molecular complexity index is 427. The summed E-state index contributed by atoms with van der Waals surface area (Å²) in [6.45, 7) is 7.32. The van der Waals surface area contributed by atoms with Crippen LogP contribution in [0.15, 0.2) is 30.3 Å². The second-order valence-electron chi connectivity index (χ2n) is 4.59. The van der Waals surface area contributed by atoms with Crippen molar-refractivity contribution >= 4 is 12.0 Å². The maximum atomic E-state index is 10.6. The van der Waals surface area contributed by atoms with Gasteiger partial charge in [0, 0.05) is 12.6 Å². The van der Waals surface area contributed by atoms with Crippen LogP contribution in [0.5, 0.6) is 0 Å². The van der Waals surface area contributed by atoms with Crippen LogP contribution in [0.2, 0.25) is 0 Å². The number of carbonyl (C=O) groups is 1. The van der Waals surface area contributed by atoms with Crippen molar-refractivity contribution < 1.29 is 9.90 Å². The first kappa shape index (κ1) is 15.4. The normalized spacial score (nSPS) is 11.3. The Labute approximate surface area is 115 Å². The molecule has 0 heterocycles. The molecule has 0 amide bonds. The lowest BCUT2D eigenvalue weighted by Gasteiger charge is -2.21. The van der Waals surface area contributed by atoms with Crippen LogP contribution in [0.3, 0.4) is 0 Å². The van der Waals surface area contributed by atoms with Crippen LogP contribution in [0.1, 0.15) is 37.8 Å². The van der Waals surface area contributed by atoms with Crippen LogP contribution in [0.4, 0.5) is 0 Å². The van der Waals surface area contributed by atoms with Crippen molar-refractivity contribution in [3.05, 3.63) is 41.5 Å². The minimum Gasteiger partial charge on any atom is -0.478 e. The van der Waals surface area contributed by atoms with E-state index in [1.165, 1.54) is 24.5 Å². The predicted molar refractivity (Wildman–Crippen MR) is 79.0 cm³/mol. The van der Waals surface area contributed by atoms with E-state index in [1.807, 2.05) is 18.2 Å². The smallest absolute Gasteiger partial charge is 0.328 e. The standard InChI is InChI=1S/C16H23NO2/c1-3-5-12-17(4-2)13-15-9-7-6-8-14(15)10-11-16(18)19/h6-11H,3-5,12-13H2,1-2H3,(H,18,19). The number of unbranched alkanes of at least 4 members (excludes halogenated alkanes) is 1. The summed E-state index contributed by atoms with van der Waals surface area (Å²) in [5.41, 5.74) is 2.16. The minimum absolute atomic E-state index is 0.872. The molecule has 0 atom stereocenters. The quantitative estimate of drug-likeness (QED) is 0.729. The van der Waals surface area contributed by atoms with Gasteiger partial charge in [-0.25, -0.2) is 4.79 Å². The first-order chi connectivity index (χ1) is 9.17. The van der Waals surface area contributed by atoms with Crippen LogP contribution in [0, 0.1) is 0 Å². The van der Waals surface area contributed by atoms with Crippen molar-refractivity contribution in [2.24, 2.45) is 0 Å². The molecule has 3 nitrogen and oxygen atoms in total. The SMILES string of the molecule is CCCCN(CC)Cc1ccccc1C=CC(=O)O. The van der Waals surface area contributed by atoms with Crippen molar-refractivity contribution in [1.29, 1.82) is 0 Å². The molecule has 0 saturated carbocycles. The Morgan fingerprint density at radius 1 is 1.32 bits per heavy atom. The summed E-state index contributed by atoms with van der Waals surface area (Å²) in [6.07, 6.45) is 5.25. The minimum atomic E-state index is -0.909. The van der Waals surface area contributed by atoms with Crippen LogP contribution in [0.25, 0.3) is 6.08 Å². The van der Waals surface area contributed by atoms with Gasteiger partial charge in [-0.1, -0.05) is 44.5 Å². The van der Waals surface area contributed by atoms with Gasteiger partial charge < -0.3 is 5.11 Å². The van der Waals surface area contributed by atoms with Gasteiger partial charge in [0.15, 0.2) is 0 Å². The third-order valence-electron chi connectivity index (χ3n) is 3.13. The second kappa shape index (κ2) is 8.48. The molecule has 0 saturated heterocycles. The summed E-state index contributed by atoms with van der Waals surface area (Å²) in [4.78, 5) is 13.0. The maximum absolute atomic E-state index is 10.6. The summed E-state index contributed by atoms with van der Waals surface area (Å²) in [6, 6.07) is 7.97. The molecule has 0 aromatic heterocycles. The molecule has 0 fully saturated rings. The lowest BCUT2D eigenvalue weighted by Crippen LogP contribution is -2.24. The van der Waals surface area contributed by atoms with Crippen LogP contribution < -0.4 is 0 Å². The predicted octanol–water partition coefficient (Wildman–Crippen LogP) is 3.41. The highest BCUT2D eigenvalue weighted by Gasteiger charge is 2.05. The molecule has 0 spiro atoms. The Balaban J connectivity index is 2.78. The van der Waals surface area contributed by atoms with E-state index < -0.39 is 5.97 Å². The lowest BCUT2D eigenvalue weighted by atomic mass is 10.1. The van der Waals surface area contributed by atoms with Gasteiger partial charge in [0.2, 0.25) is 0 Å². The monoisotopic (exact) mass is 261 g/mol. The molecule has 104 valence electrons. The van der Waals surface area contributed by atoms with E-state index in [0.29, 0.717) is 0 Å². The molecule has 0 bridgehead atoms. The zero-order chi connectivity index (χ0) is 14.1. The zero-order valence-corrected chi connectivity index (χ0v) is 11.8. The topological polar surface area (TPSA) is 40.5 Å². The number of carboxylic acid groups (broad SMARTS) is 1. The molecule has 1 aromatic rings. The van der Waals surface area contributed by atoms with E-state index in [2.05, 4.69) is 24.8 Å². The number of hydrogen-bond acceptors (Lipinski definition) is 2. The van der Waals surface area contributed by atoms with Crippen LogP contribution in [-0.2, 0) is 11.3 Å². The fourth-order valence-electron chi connectivity index (χ4n) is 1.97. The summed E-state index contributed by atoms with van der Waals surface area (Å²) in [7, 11) is 0. The summed E-state index contributed by atoms with van der Waals surface area (Å²) >= 11 is 0. The molecule has 0 aliphatic heterocycles. The Morgan fingerprint density at radius 2 is 2.05 bits per heavy atom. The van der Waals surface area contributed by atoms with Crippen molar-refractivity contribution in [2.75, 3.05) is 13.1 Å². The number of carboxylic acids is 1. The molecular formula is C16H23NO2. The molecule has 1 aromatic carbocycles. The fourth-order valence-corrected chi connectivity index (χ4v) is 1.97. The summed E-state index contributed by atoms with van der Waals surface area (Å²) in [5.74, 6) is -0.909. The average Bonchev–Trinajstić information content (AvgIpc) is 2.42. The average molecular weight is 261 g/mol. The van der Waals surface area contributed by atoms with E-state index in [9.17, 15) is 4.79 Å². The number of hydrogen-bond donors (Lipinski definition) is 1. The van der Waals surface area contributed by atoms with Crippen molar-refractivity contribution in [3.8, 4) is 0 Å². The van der Waals surface area contributed by atoms with Gasteiger partial charge >= 0.3 is 5.97 Å². The Morgan fingerprint density at radius 3 is 2.68 bits per heavy atom. The van der Waals surface area contributed by atoms with Crippen molar-refractivity contribution in [2.45, 2.75) is 33.2 Å². The number of rotatable bonds is 8. The first-order valence-electron chi connectivity index (χ1n) is 6.88. The van der Waals surface area contributed by atoms with Crippen molar-refractivity contribution in [3.63, 3.8) is 0 Å². The van der Waals surface area contributed by atoms with E-state index in [1.54, 1.807) is 6.08 Å². The van der Waals surface area contributed by atoms with E-state index in [0.717, 1.165) is 25.2 Å². The van der Waals surface area contributed by atoms with E-state index in [4.69, 9.17) is 5.11 Å². The Hall–Kier alpha value is -1.61. The first-order valence-corrected chi connectivity index (χ1v) is 6.88. The van der Waals surface area contributed by atoms with Gasteiger partial charge in [0.05, 0.1) is 0 Å². The third kappa shape index (κ3) is 5.71. The Kier molecular flexibility index (Phi) is 6.90. The van der Waals surface area contributed by atoms with Crippen LogP contribution >= 0.6 is 0 Å². The molecular weight excluding hydrogens is 238 g/mol. The highest BCUT2D eigenvalue weighted by molar-refractivity contribution is 5.85. The highest BCUT2D eigenvalue weighted by Crippen LogP contribution is 2.14. The van der Waals surface area contributed by atoms with E-state index >= 15 is 0 Å². The molecule has 19 heavy (non-hydrogen) atoms. The molecule has 1 N–H and O–H groups in total. The molecule has 1 rings (SSSR count). The van der Waals surface area contributed by atoms with Gasteiger partial charge in [0.1, 0.15) is 0 Å². The highest BCUT2D eigenvalue weighted by atomic mass is 16.4. The maximum Gasteiger partial charge on any atom is 0.328 e. The molecule has 3 heteroatoms. The number of aliphatic carboxylic acids is 1. The van der Waals surface area contributed by atoms with Gasteiger partial charge in [-0.15, -0.1) is 0 Å². The van der Waals surface area contributed by atoms with Gasteiger partial charge in [-0.2, -0.15) is 0 Å². The number of nitrogens with zero attached hydrogens (tertiary/aromatic N) is 1. The fraction of sp³-hybridized carbons (Fsp3) is 0.438. The summed E-state index contributed by atoms with van der Waals surface area (Å²) < 4.78 is 0. The molecule has 0 aliphatic rings. The van der Waals surface area contributed by atoms with Gasteiger partial charge in [-0.05, 0) is 36.7 Å². The summed E-state index contributed by atoms with van der Waals surface area (Å²) in [5, 5.41) is 8.71. The zero-order valence-electron chi connectivity index (χ0n) is 11.8. The van der Waals surface area contributed by atoms with Crippen LogP contribution in [-0.4, -0.2) is 29.1 Å². The second-order valence-corrected chi connectivity index (χ2v) is 4.59. The molecule has 0 unspecified atom stereocenters. The number of benzene rings is 1. The lowest BCUT2D eigenvalue weighted by molar-refractivity contribution is -0.131. The molecule has 0 aliphatic carbocycles. The van der Waals surface area contributed by atoms with Gasteiger partial charge in [0.25, 0.3) is 0 Å². The van der Waals surface area contributed by atoms with E-state index in [-0.39, 0.29) is 0 Å². The largest absolute Gasteiger partial charge is 0.478 e.